The van der Waals surface area contributed by atoms with E-state index in [1.807, 2.05) is 27.7 Å². The van der Waals surface area contributed by atoms with Gasteiger partial charge in [0.15, 0.2) is 5.78 Å². The molecule has 0 aliphatic heterocycles. The molecule has 8 nitrogen and oxygen atoms in total. The number of esters is 2. The summed E-state index contributed by atoms with van der Waals surface area (Å²) >= 11 is 0. The van der Waals surface area contributed by atoms with Crippen LogP contribution in [-0.4, -0.2) is 63.1 Å². The maximum absolute atomic E-state index is 14.6. The lowest BCUT2D eigenvalue weighted by atomic mass is 9.59. The molecule has 0 aromatic heterocycles. The lowest BCUT2D eigenvalue weighted by molar-refractivity contribution is -0.192. The number of Topliss-reactive ketones (excluding diaryl/α,β-unsaturated/α-hetero) is 1. The third kappa shape index (κ3) is 4.40. The van der Waals surface area contributed by atoms with E-state index in [0.717, 1.165) is 32.1 Å². The molecule has 0 amide bonds. The summed E-state index contributed by atoms with van der Waals surface area (Å²) in [6.07, 6.45) is 6.56. The number of allylic oxidation sites excluding steroid dienone is 1. The van der Waals surface area contributed by atoms with Gasteiger partial charge in [-0.05, 0) is 43.3 Å². The van der Waals surface area contributed by atoms with Crippen molar-refractivity contribution in [3.63, 3.8) is 0 Å². The van der Waals surface area contributed by atoms with Crippen LogP contribution in [0.1, 0.15) is 99.3 Å². The van der Waals surface area contributed by atoms with E-state index < -0.39 is 52.0 Å². The van der Waals surface area contributed by atoms with Gasteiger partial charge in [-0.25, -0.2) is 0 Å². The quantitative estimate of drug-likeness (QED) is 0.195. The SMILES string of the molecule is CCCCCCCC(=O)O[C@@]12C[C@@H](C)[C@]34C=C(C)[C@H](O)[C@@]3(O)[C@H](O)C(COC(=O)CCC)=C[C@H](C4=O)[C@@H]1C2(C)C. The third-order valence-electron chi connectivity index (χ3n) is 10.5. The number of carbonyl (C=O) groups excluding carboxylic acids is 3. The highest BCUT2D eigenvalue weighted by molar-refractivity contribution is 5.96. The Morgan fingerprint density at radius 3 is 2.33 bits per heavy atom. The average Bonchev–Trinajstić information content (AvgIpc) is 3.30. The van der Waals surface area contributed by atoms with Crippen molar-refractivity contribution in [2.45, 2.75) is 123 Å². The molecule has 2 fully saturated rings. The van der Waals surface area contributed by atoms with E-state index in [4.69, 9.17) is 9.47 Å². The molecule has 3 N–H and O–H groups in total. The molecule has 0 aromatic rings. The first-order valence-corrected chi connectivity index (χ1v) is 15.2. The van der Waals surface area contributed by atoms with Gasteiger partial charge in [0.25, 0.3) is 0 Å². The molecule has 1 spiro atoms. The van der Waals surface area contributed by atoms with Crippen molar-refractivity contribution in [3.05, 3.63) is 23.3 Å². The zero-order chi connectivity index (χ0) is 29.7. The largest absolute Gasteiger partial charge is 0.461 e. The van der Waals surface area contributed by atoms with Crippen LogP contribution in [-0.2, 0) is 23.9 Å². The molecule has 0 aromatic carbocycles. The zero-order valence-electron chi connectivity index (χ0n) is 25.0. The number of unbranched alkanes of at least 4 members (excludes halogenated alkanes) is 4. The van der Waals surface area contributed by atoms with Crippen molar-refractivity contribution in [1.82, 2.24) is 0 Å². The first kappa shape index (κ1) is 30.9. The molecule has 0 heterocycles. The standard InChI is InChI=1S/C32H48O8/c1-7-9-10-11-12-14-24(34)40-31-17-20(4)30-16-19(3)26(35)32(30,38)27(36)21(18-39-23(33)13-8-2)15-22(28(30)37)25(31)29(31,5)6/h15-16,20,22,25-27,35-36,38H,7-14,17-18H2,1-6H3/t20-,22+,25-,26+,27-,30+,31+,32-/m1/s1. The lowest BCUT2D eigenvalue weighted by Gasteiger charge is -2.48. The number of aliphatic hydroxyl groups is 3. The molecule has 0 radical (unpaired) electrons. The van der Waals surface area contributed by atoms with Gasteiger partial charge in [-0.3, -0.25) is 14.4 Å². The highest BCUT2D eigenvalue weighted by atomic mass is 16.6. The average molecular weight is 561 g/mol. The predicted octanol–water partition coefficient (Wildman–Crippen LogP) is 4.19. The van der Waals surface area contributed by atoms with Crippen molar-refractivity contribution >= 4 is 17.7 Å². The van der Waals surface area contributed by atoms with Crippen LogP contribution in [0.15, 0.2) is 23.3 Å². The summed E-state index contributed by atoms with van der Waals surface area (Å²) in [6.45, 7) is 11.2. The molecule has 2 saturated carbocycles. The molecular weight excluding hydrogens is 512 g/mol. The van der Waals surface area contributed by atoms with Crippen molar-refractivity contribution in [2.75, 3.05) is 6.61 Å². The Labute approximate surface area is 238 Å². The fraction of sp³-hybridized carbons (Fsp3) is 0.781. The Balaban J connectivity index is 1.74. The summed E-state index contributed by atoms with van der Waals surface area (Å²) in [7, 11) is 0. The Bertz CT molecular complexity index is 1090. The van der Waals surface area contributed by atoms with E-state index in [0.29, 0.717) is 24.8 Å². The zero-order valence-corrected chi connectivity index (χ0v) is 25.0. The number of rotatable bonds is 11. The van der Waals surface area contributed by atoms with Gasteiger partial charge in [-0.2, -0.15) is 0 Å². The number of hydrogen-bond donors (Lipinski definition) is 3. The van der Waals surface area contributed by atoms with Crippen LogP contribution < -0.4 is 0 Å². The Morgan fingerprint density at radius 1 is 1.00 bits per heavy atom. The molecule has 8 atom stereocenters. The van der Waals surface area contributed by atoms with Crippen molar-refractivity contribution < 1.29 is 39.2 Å². The van der Waals surface area contributed by atoms with Crippen LogP contribution in [0.3, 0.4) is 0 Å². The minimum atomic E-state index is -2.25. The monoisotopic (exact) mass is 560 g/mol. The van der Waals surface area contributed by atoms with Gasteiger partial charge < -0.3 is 24.8 Å². The number of ether oxygens (including phenoxy) is 2. The highest BCUT2D eigenvalue weighted by Gasteiger charge is 2.83. The molecule has 2 bridgehead atoms. The maximum atomic E-state index is 14.6. The Hall–Kier alpha value is -2.03. The molecule has 0 saturated heterocycles. The Morgan fingerprint density at radius 2 is 1.68 bits per heavy atom. The first-order chi connectivity index (χ1) is 18.8. The molecule has 40 heavy (non-hydrogen) atoms. The number of carbonyl (C=O) groups is 3. The van der Waals surface area contributed by atoms with Crippen LogP contribution in [0.4, 0.5) is 0 Å². The summed E-state index contributed by atoms with van der Waals surface area (Å²) in [5, 5.41) is 35.1. The lowest BCUT2D eigenvalue weighted by Crippen LogP contribution is -2.65. The molecule has 8 heteroatoms. The smallest absolute Gasteiger partial charge is 0.306 e. The van der Waals surface area contributed by atoms with Gasteiger partial charge in [0.05, 0.1) is 5.41 Å². The fourth-order valence-corrected chi connectivity index (χ4v) is 8.28. The molecule has 4 aliphatic rings. The summed E-state index contributed by atoms with van der Waals surface area (Å²) < 4.78 is 11.7. The first-order valence-electron chi connectivity index (χ1n) is 15.2. The summed E-state index contributed by atoms with van der Waals surface area (Å²) in [5.74, 6) is -2.80. The van der Waals surface area contributed by atoms with E-state index in [-0.39, 0.29) is 36.3 Å². The number of ketones is 1. The van der Waals surface area contributed by atoms with Gasteiger partial charge in [-0.15, -0.1) is 0 Å². The topological polar surface area (TPSA) is 130 Å². The third-order valence-corrected chi connectivity index (χ3v) is 10.5. The van der Waals surface area contributed by atoms with Crippen LogP contribution >= 0.6 is 0 Å². The van der Waals surface area contributed by atoms with Crippen LogP contribution in [0, 0.1) is 28.6 Å². The Kier molecular flexibility index (Phi) is 8.50. The van der Waals surface area contributed by atoms with E-state index in [1.165, 1.54) is 0 Å². The van der Waals surface area contributed by atoms with E-state index >= 15 is 0 Å². The number of hydrogen-bond acceptors (Lipinski definition) is 8. The van der Waals surface area contributed by atoms with E-state index in [2.05, 4.69) is 6.92 Å². The van der Waals surface area contributed by atoms with Gasteiger partial charge in [0, 0.05) is 30.1 Å². The van der Waals surface area contributed by atoms with Crippen molar-refractivity contribution in [3.8, 4) is 0 Å². The van der Waals surface area contributed by atoms with Crippen molar-refractivity contribution in [1.29, 1.82) is 0 Å². The van der Waals surface area contributed by atoms with E-state index in [9.17, 15) is 29.7 Å². The molecule has 224 valence electrons. The van der Waals surface area contributed by atoms with Crippen molar-refractivity contribution in [2.24, 2.45) is 28.6 Å². The molecule has 0 unspecified atom stereocenters. The number of aliphatic hydroxyl groups excluding tert-OH is 2. The summed E-state index contributed by atoms with van der Waals surface area (Å²) in [5.41, 5.74) is -4.74. The second-order valence-electron chi connectivity index (χ2n) is 13.3. The fourth-order valence-electron chi connectivity index (χ4n) is 8.28. The second-order valence-corrected chi connectivity index (χ2v) is 13.3. The van der Waals surface area contributed by atoms with Gasteiger partial charge in [-0.1, -0.05) is 72.5 Å². The molecule has 4 aliphatic carbocycles. The summed E-state index contributed by atoms with van der Waals surface area (Å²) in [4.78, 5) is 40.0. The number of fused-ring (bicyclic) bond motifs is 3. The maximum Gasteiger partial charge on any atom is 0.306 e. The molecule has 4 rings (SSSR count). The van der Waals surface area contributed by atoms with Crippen LogP contribution in [0.5, 0.6) is 0 Å². The predicted molar refractivity (Wildman–Crippen MR) is 149 cm³/mol. The van der Waals surface area contributed by atoms with E-state index in [1.54, 1.807) is 19.1 Å². The highest BCUT2D eigenvalue weighted by Crippen LogP contribution is 2.75. The van der Waals surface area contributed by atoms with Gasteiger partial charge in [0.2, 0.25) is 0 Å². The minimum Gasteiger partial charge on any atom is -0.461 e. The van der Waals surface area contributed by atoms with Gasteiger partial charge in [0.1, 0.15) is 30.0 Å². The summed E-state index contributed by atoms with van der Waals surface area (Å²) in [6, 6.07) is 0. The second kappa shape index (κ2) is 11.0. The minimum absolute atomic E-state index is 0.183. The van der Waals surface area contributed by atoms with Crippen LogP contribution in [0.25, 0.3) is 0 Å². The van der Waals surface area contributed by atoms with Crippen LogP contribution in [0.2, 0.25) is 0 Å². The van der Waals surface area contributed by atoms with Gasteiger partial charge >= 0.3 is 11.9 Å². The normalized spacial score (nSPS) is 39.2. The molecular formula is C32H48O8.